The maximum atomic E-state index is 10.3. The molecule has 1 saturated heterocycles. The van der Waals surface area contributed by atoms with Gasteiger partial charge in [0.1, 0.15) is 18.3 Å². The van der Waals surface area contributed by atoms with Crippen LogP contribution >= 0.6 is 0 Å². The molecule has 24 heavy (non-hydrogen) atoms. The molecule has 6 N–H and O–H groups in total. The highest BCUT2D eigenvalue weighted by Crippen LogP contribution is 2.33. The first kappa shape index (κ1) is 20.0. The maximum Gasteiger partial charge on any atom is 0.186 e. The molecule has 1 saturated carbocycles. The second-order valence-electron chi connectivity index (χ2n) is 6.60. The highest BCUT2D eigenvalue weighted by Gasteiger charge is 2.49. The zero-order chi connectivity index (χ0) is 18.0. The van der Waals surface area contributed by atoms with Gasteiger partial charge in [0.15, 0.2) is 6.29 Å². The van der Waals surface area contributed by atoms with Crippen molar-refractivity contribution in [1.82, 2.24) is 0 Å². The van der Waals surface area contributed by atoms with Crippen molar-refractivity contribution in [2.45, 2.75) is 62.4 Å². The molecule has 9 heteroatoms. The molecule has 0 bridgehead atoms. The summed E-state index contributed by atoms with van der Waals surface area (Å²) in [6.45, 7) is 0.944. The van der Waals surface area contributed by atoms with E-state index in [2.05, 4.69) is 0 Å². The summed E-state index contributed by atoms with van der Waals surface area (Å²) >= 11 is 0. The van der Waals surface area contributed by atoms with Crippen LogP contribution in [0.3, 0.4) is 0 Å². The third-order valence-electron chi connectivity index (χ3n) is 5.14. The lowest BCUT2D eigenvalue weighted by Crippen LogP contribution is -2.61. The average molecular weight is 352 g/mol. The van der Waals surface area contributed by atoms with Gasteiger partial charge in [0.25, 0.3) is 0 Å². The summed E-state index contributed by atoms with van der Waals surface area (Å²) in [4.78, 5) is 0. The third kappa shape index (κ3) is 3.74. The summed E-state index contributed by atoms with van der Waals surface area (Å²) < 4.78 is 16.2. The minimum Gasteiger partial charge on any atom is -0.396 e. The van der Waals surface area contributed by atoms with Crippen LogP contribution in [0.1, 0.15) is 13.3 Å². The standard InChI is InChI=1S/C15H28O9/c1-6-9(5-17)23-15(13(21)10(6)18)24-14-7(4-16)3-8(22-2)11(19)12(14)20/h6-21H,3-5H2,1-2H3/t6-,7?,8+,9?,10-,11?,12+,13?,14-,15-/m0/s1. The van der Waals surface area contributed by atoms with E-state index in [9.17, 15) is 30.6 Å². The number of hydrogen-bond donors (Lipinski definition) is 6. The molecule has 10 atom stereocenters. The number of rotatable bonds is 5. The van der Waals surface area contributed by atoms with Crippen LogP contribution in [0, 0.1) is 11.8 Å². The zero-order valence-corrected chi connectivity index (χ0v) is 13.8. The number of aliphatic hydroxyl groups excluding tert-OH is 6. The van der Waals surface area contributed by atoms with E-state index in [0.29, 0.717) is 0 Å². The molecule has 0 aromatic rings. The first-order chi connectivity index (χ1) is 11.3. The maximum absolute atomic E-state index is 10.3. The molecule has 2 fully saturated rings. The smallest absolute Gasteiger partial charge is 0.186 e. The van der Waals surface area contributed by atoms with Crippen LogP contribution < -0.4 is 0 Å². The van der Waals surface area contributed by atoms with Gasteiger partial charge in [-0.25, -0.2) is 0 Å². The summed E-state index contributed by atoms with van der Waals surface area (Å²) in [6.07, 6.45) is -8.59. The van der Waals surface area contributed by atoms with Crippen LogP contribution in [0.4, 0.5) is 0 Å². The van der Waals surface area contributed by atoms with E-state index < -0.39 is 60.9 Å². The fraction of sp³-hybridized carbons (Fsp3) is 1.00. The highest BCUT2D eigenvalue weighted by molar-refractivity contribution is 4.95. The van der Waals surface area contributed by atoms with Crippen molar-refractivity contribution in [3.63, 3.8) is 0 Å². The lowest BCUT2D eigenvalue weighted by molar-refractivity contribution is -0.322. The summed E-state index contributed by atoms with van der Waals surface area (Å²) in [5, 5.41) is 59.5. The van der Waals surface area contributed by atoms with E-state index in [1.807, 2.05) is 0 Å². The predicted molar refractivity (Wildman–Crippen MR) is 79.8 cm³/mol. The Balaban J connectivity index is 2.12. The van der Waals surface area contributed by atoms with Crippen LogP contribution in [0.15, 0.2) is 0 Å². The molecule has 4 unspecified atom stereocenters. The minimum absolute atomic E-state index is 0.251. The quantitative estimate of drug-likeness (QED) is 0.308. The van der Waals surface area contributed by atoms with Crippen molar-refractivity contribution in [3.8, 4) is 0 Å². The van der Waals surface area contributed by atoms with Gasteiger partial charge < -0.3 is 44.8 Å². The van der Waals surface area contributed by atoms with Crippen LogP contribution in [0.25, 0.3) is 0 Å². The number of hydrogen-bond acceptors (Lipinski definition) is 9. The molecule has 142 valence electrons. The zero-order valence-electron chi connectivity index (χ0n) is 13.8. The number of ether oxygens (including phenoxy) is 3. The Hall–Kier alpha value is -0.360. The molecule has 0 aromatic heterocycles. The molecule has 0 aromatic carbocycles. The minimum atomic E-state index is -1.38. The van der Waals surface area contributed by atoms with Gasteiger partial charge in [-0.1, -0.05) is 6.92 Å². The van der Waals surface area contributed by atoms with Gasteiger partial charge in [0, 0.05) is 25.6 Å². The lowest BCUT2D eigenvalue weighted by Gasteiger charge is -2.46. The third-order valence-corrected chi connectivity index (χ3v) is 5.14. The van der Waals surface area contributed by atoms with E-state index in [0.717, 1.165) is 0 Å². The Bertz CT molecular complexity index is 391. The van der Waals surface area contributed by atoms with E-state index in [1.54, 1.807) is 6.92 Å². The molecule has 2 aliphatic rings. The van der Waals surface area contributed by atoms with E-state index in [4.69, 9.17) is 14.2 Å². The largest absolute Gasteiger partial charge is 0.396 e. The monoisotopic (exact) mass is 352 g/mol. The van der Waals surface area contributed by atoms with Gasteiger partial charge in [-0.3, -0.25) is 0 Å². The Kier molecular flexibility index (Phi) is 6.94. The van der Waals surface area contributed by atoms with Gasteiger partial charge in [-0.05, 0) is 6.42 Å². The topological polar surface area (TPSA) is 149 Å². The van der Waals surface area contributed by atoms with Crippen LogP contribution in [0.5, 0.6) is 0 Å². The van der Waals surface area contributed by atoms with E-state index in [1.165, 1.54) is 7.11 Å². The van der Waals surface area contributed by atoms with Crippen molar-refractivity contribution in [2.75, 3.05) is 20.3 Å². The summed E-state index contributed by atoms with van der Waals surface area (Å²) in [5.74, 6) is -1.05. The fourth-order valence-corrected chi connectivity index (χ4v) is 3.42. The second-order valence-corrected chi connectivity index (χ2v) is 6.60. The second kappa shape index (κ2) is 8.35. The molecule has 2 rings (SSSR count). The van der Waals surface area contributed by atoms with Gasteiger partial charge >= 0.3 is 0 Å². The molecular formula is C15H28O9. The van der Waals surface area contributed by atoms with E-state index >= 15 is 0 Å². The molecule has 9 nitrogen and oxygen atoms in total. The Morgan fingerprint density at radius 3 is 2.17 bits per heavy atom. The number of methoxy groups -OCH3 is 1. The molecule has 0 radical (unpaired) electrons. The van der Waals surface area contributed by atoms with Crippen LogP contribution in [-0.4, -0.2) is 100.0 Å². The molecule has 0 amide bonds. The predicted octanol–water partition coefficient (Wildman–Crippen LogP) is -2.80. The van der Waals surface area contributed by atoms with Gasteiger partial charge in [-0.2, -0.15) is 0 Å². The first-order valence-electron chi connectivity index (χ1n) is 8.13. The first-order valence-corrected chi connectivity index (χ1v) is 8.13. The Morgan fingerprint density at radius 2 is 1.62 bits per heavy atom. The van der Waals surface area contributed by atoms with Crippen LogP contribution in [0.2, 0.25) is 0 Å². The summed E-state index contributed by atoms with van der Waals surface area (Å²) in [5.41, 5.74) is 0. The van der Waals surface area contributed by atoms with Gasteiger partial charge in [-0.15, -0.1) is 0 Å². The van der Waals surface area contributed by atoms with Crippen molar-refractivity contribution in [2.24, 2.45) is 11.8 Å². The van der Waals surface area contributed by atoms with E-state index in [-0.39, 0.29) is 19.6 Å². The van der Waals surface area contributed by atoms with Gasteiger partial charge in [0.2, 0.25) is 0 Å². The Labute approximate surface area is 140 Å². The molecule has 1 heterocycles. The van der Waals surface area contributed by atoms with Crippen molar-refractivity contribution < 1.29 is 44.8 Å². The Morgan fingerprint density at radius 1 is 0.958 bits per heavy atom. The molecular weight excluding hydrogens is 324 g/mol. The highest BCUT2D eigenvalue weighted by atomic mass is 16.7. The van der Waals surface area contributed by atoms with Crippen molar-refractivity contribution in [1.29, 1.82) is 0 Å². The normalized spacial score (nSPS) is 50.0. The fourth-order valence-electron chi connectivity index (χ4n) is 3.42. The summed E-state index contributed by atoms with van der Waals surface area (Å²) in [7, 11) is 1.40. The van der Waals surface area contributed by atoms with Crippen molar-refractivity contribution in [3.05, 3.63) is 0 Å². The van der Waals surface area contributed by atoms with Crippen molar-refractivity contribution >= 4 is 0 Å². The lowest BCUT2D eigenvalue weighted by atomic mass is 9.81. The molecule has 1 aliphatic carbocycles. The average Bonchev–Trinajstić information content (AvgIpc) is 2.59. The van der Waals surface area contributed by atoms with Crippen LogP contribution in [-0.2, 0) is 14.2 Å². The number of aliphatic hydroxyl groups is 6. The molecule has 1 aliphatic heterocycles. The van der Waals surface area contributed by atoms with Gasteiger partial charge in [0.05, 0.1) is 31.0 Å². The molecule has 0 spiro atoms. The SMILES string of the molecule is CO[C@@H]1CC(CO)[C@H](O[C@@H]2OC(CO)[C@H](C)[C@H](O)C2O)[C@H](O)C1O. The summed E-state index contributed by atoms with van der Waals surface area (Å²) in [6, 6.07) is 0.